The molecule has 0 spiro atoms. The summed E-state index contributed by atoms with van der Waals surface area (Å²) < 4.78 is 26.2. The molecule has 1 aliphatic rings. The first-order valence-corrected chi connectivity index (χ1v) is 8.60. The molecular formula is C11H17N3O4S2. The Kier molecular flexibility index (Phi) is 4.43. The Morgan fingerprint density at radius 2 is 2.25 bits per heavy atom. The molecule has 0 aliphatic carbocycles. The Morgan fingerprint density at radius 3 is 2.80 bits per heavy atom. The average molecular weight is 319 g/mol. The van der Waals surface area contributed by atoms with Crippen LogP contribution in [0.15, 0.2) is 9.72 Å². The normalized spacial score (nSPS) is 22.0. The van der Waals surface area contributed by atoms with Crippen molar-refractivity contribution >= 4 is 27.3 Å². The lowest BCUT2D eigenvalue weighted by Crippen LogP contribution is -2.53. The molecule has 0 amide bonds. The van der Waals surface area contributed by atoms with Gasteiger partial charge in [-0.3, -0.25) is 4.90 Å². The lowest BCUT2D eigenvalue weighted by molar-refractivity contribution is 0.0687. The number of sulfonamides is 1. The monoisotopic (exact) mass is 319 g/mol. The molecular weight excluding hydrogens is 302 g/mol. The summed E-state index contributed by atoms with van der Waals surface area (Å²) in [7, 11) is -3.78. The second-order valence-corrected chi connectivity index (χ2v) is 7.62. The van der Waals surface area contributed by atoms with Gasteiger partial charge in [-0.05, 0) is 13.5 Å². The zero-order valence-electron chi connectivity index (χ0n) is 11.3. The first-order chi connectivity index (χ1) is 9.37. The zero-order valence-corrected chi connectivity index (χ0v) is 12.9. The molecule has 0 aromatic carbocycles. The van der Waals surface area contributed by atoms with E-state index in [1.807, 2.05) is 13.8 Å². The summed E-state index contributed by atoms with van der Waals surface area (Å²) in [6.07, 6.45) is 0. The fraction of sp³-hybridized carbons (Fsp3) is 0.636. The highest BCUT2D eigenvalue weighted by Crippen LogP contribution is 2.26. The predicted octanol–water partition coefficient (Wildman–Crippen LogP) is 0.556. The topological polar surface area (TPSA) is 90.8 Å². The van der Waals surface area contributed by atoms with Gasteiger partial charge in [-0.1, -0.05) is 6.92 Å². The maximum atomic E-state index is 12.5. The summed E-state index contributed by atoms with van der Waals surface area (Å²) >= 11 is 0.851. The average Bonchev–Trinajstić information content (AvgIpc) is 2.88. The summed E-state index contributed by atoms with van der Waals surface area (Å²) in [5.41, 5.74) is 0.864. The first-order valence-electron chi connectivity index (χ1n) is 6.29. The molecule has 0 bridgehead atoms. The lowest BCUT2D eigenvalue weighted by atomic mass is 10.2. The predicted molar refractivity (Wildman–Crippen MR) is 74.5 cm³/mol. The van der Waals surface area contributed by atoms with E-state index in [9.17, 15) is 13.2 Å². The van der Waals surface area contributed by atoms with E-state index < -0.39 is 16.0 Å². The fourth-order valence-corrected chi connectivity index (χ4v) is 5.12. The lowest BCUT2D eigenvalue weighted by Gasteiger charge is -2.38. The van der Waals surface area contributed by atoms with E-state index in [-0.39, 0.29) is 15.9 Å². The van der Waals surface area contributed by atoms with Crippen molar-refractivity contribution in [1.29, 1.82) is 0 Å². The summed E-state index contributed by atoms with van der Waals surface area (Å²) in [4.78, 5) is 16.8. The second-order valence-electron chi connectivity index (χ2n) is 4.63. The van der Waals surface area contributed by atoms with Gasteiger partial charge in [0.15, 0.2) is 9.90 Å². The van der Waals surface area contributed by atoms with Crippen LogP contribution < -0.4 is 0 Å². The number of likely N-dealkylation sites (N-methyl/N-ethyl adjacent to an activating group) is 1. The Morgan fingerprint density at radius 1 is 1.55 bits per heavy atom. The van der Waals surface area contributed by atoms with Gasteiger partial charge < -0.3 is 5.11 Å². The Labute approximate surface area is 121 Å². The van der Waals surface area contributed by atoms with Gasteiger partial charge in [0.2, 0.25) is 0 Å². The van der Waals surface area contributed by atoms with Gasteiger partial charge in [-0.15, -0.1) is 11.3 Å². The summed E-state index contributed by atoms with van der Waals surface area (Å²) in [5.74, 6) is -1.31. The van der Waals surface area contributed by atoms with Crippen LogP contribution in [0.4, 0.5) is 0 Å². The van der Waals surface area contributed by atoms with Crippen molar-refractivity contribution in [2.45, 2.75) is 24.1 Å². The highest BCUT2D eigenvalue weighted by Gasteiger charge is 2.35. The van der Waals surface area contributed by atoms with E-state index in [2.05, 4.69) is 9.88 Å². The molecule has 1 N–H and O–H groups in total. The Hall–Kier alpha value is -1.03. The third kappa shape index (κ3) is 2.71. The molecule has 112 valence electrons. The van der Waals surface area contributed by atoms with Crippen LogP contribution >= 0.6 is 11.3 Å². The van der Waals surface area contributed by atoms with Crippen LogP contribution in [0.1, 0.15) is 24.3 Å². The SMILES string of the molecule is CCN1CCN(S(=O)(=O)c2scnc2C(=O)O)CC1C. The molecule has 2 heterocycles. The first kappa shape index (κ1) is 15.4. The van der Waals surface area contributed by atoms with Crippen LogP contribution in [0.25, 0.3) is 0 Å². The number of carboxylic acids is 1. The van der Waals surface area contributed by atoms with Gasteiger partial charge in [0.25, 0.3) is 10.0 Å². The quantitative estimate of drug-likeness (QED) is 0.872. The van der Waals surface area contributed by atoms with Crippen LogP contribution in [0.5, 0.6) is 0 Å². The van der Waals surface area contributed by atoms with Crippen molar-refractivity contribution in [2.24, 2.45) is 0 Å². The molecule has 0 radical (unpaired) electrons. The molecule has 1 aromatic heterocycles. The van der Waals surface area contributed by atoms with E-state index in [4.69, 9.17) is 5.11 Å². The molecule has 1 unspecified atom stereocenters. The van der Waals surface area contributed by atoms with Gasteiger partial charge in [-0.25, -0.2) is 18.2 Å². The summed E-state index contributed by atoms with van der Waals surface area (Å²) in [6.45, 7) is 6.26. The highest BCUT2D eigenvalue weighted by atomic mass is 32.2. The highest BCUT2D eigenvalue weighted by molar-refractivity contribution is 7.91. The second kappa shape index (κ2) is 5.76. The fourth-order valence-electron chi connectivity index (χ4n) is 2.33. The summed E-state index contributed by atoms with van der Waals surface area (Å²) in [5, 5.41) is 9.00. The van der Waals surface area contributed by atoms with Crippen molar-refractivity contribution in [3.8, 4) is 0 Å². The third-order valence-corrected chi connectivity index (χ3v) is 6.66. The van der Waals surface area contributed by atoms with Crippen LogP contribution in [-0.4, -0.2) is 65.9 Å². The number of thiazole rings is 1. The van der Waals surface area contributed by atoms with E-state index in [1.54, 1.807) is 0 Å². The number of aromatic carboxylic acids is 1. The molecule has 1 fully saturated rings. The molecule has 0 saturated carbocycles. The number of hydrogen-bond donors (Lipinski definition) is 1. The third-order valence-electron chi connectivity index (χ3n) is 3.45. The number of rotatable bonds is 4. The van der Waals surface area contributed by atoms with E-state index in [1.165, 1.54) is 9.82 Å². The number of piperazine rings is 1. The number of hydrogen-bond acceptors (Lipinski definition) is 6. The molecule has 9 heteroatoms. The van der Waals surface area contributed by atoms with E-state index >= 15 is 0 Å². The zero-order chi connectivity index (χ0) is 14.9. The van der Waals surface area contributed by atoms with Gasteiger partial charge in [0, 0.05) is 25.7 Å². The van der Waals surface area contributed by atoms with Crippen LogP contribution in [0.3, 0.4) is 0 Å². The van der Waals surface area contributed by atoms with Crippen molar-refractivity contribution in [2.75, 3.05) is 26.2 Å². The number of carbonyl (C=O) groups is 1. The number of aromatic nitrogens is 1. The van der Waals surface area contributed by atoms with Crippen molar-refractivity contribution < 1.29 is 18.3 Å². The smallest absolute Gasteiger partial charge is 0.356 e. The van der Waals surface area contributed by atoms with Crippen LogP contribution in [0, 0.1) is 0 Å². The molecule has 7 nitrogen and oxygen atoms in total. The van der Waals surface area contributed by atoms with Crippen molar-refractivity contribution in [3.05, 3.63) is 11.2 Å². The molecule has 1 aromatic rings. The standard InChI is InChI=1S/C11H17N3O4S2/c1-3-13-4-5-14(6-8(13)2)20(17,18)11-9(10(15)16)12-7-19-11/h7-8H,3-6H2,1-2H3,(H,15,16). The van der Waals surface area contributed by atoms with Gasteiger partial charge in [0.05, 0.1) is 5.51 Å². The number of nitrogens with zero attached hydrogens (tertiary/aromatic N) is 3. The van der Waals surface area contributed by atoms with Gasteiger partial charge in [0.1, 0.15) is 0 Å². The molecule has 1 atom stereocenters. The maximum absolute atomic E-state index is 12.5. The Balaban J connectivity index is 2.28. The largest absolute Gasteiger partial charge is 0.476 e. The molecule has 1 aliphatic heterocycles. The number of carboxylic acid groups (broad SMARTS) is 1. The van der Waals surface area contributed by atoms with Crippen molar-refractivity contribution in [1.82, 2.24) is 14.2 Å². The van der Waals surface area contributed by atoms with E-state index in [0.29, 0.717) is 19.6 Å². The van der Waals surface area contributed by atoms with E-state index in [0.717, 1.165) is 17.9 Å². The minimum absolute atomic E-state index is 0.115. The molecule has 1 saturated heterocycles. The van der Waals surface area contributed by atoms with Crippen LogP contribution in [-0.2, 0) is 10.0 Å². The van der Waals surface area contributed by atoms with Gasteiger partial charge in [-0.2, -0.15) is 4.31 Å². The van der Waals surface area contributed by atoms with Crippen LogP contribution in [0.2, 0.25) is 0 Å². The maximum Gasteiger partial charge on any atom is 0.356 e. The summed E-state index contributed by atoms with van der Waals surface area (Å²) in [6, 6.07) is 0.115. The molecule has 2 rings (SSSR count). The van der Waals surface area contributed by atoms with Gasteiger partial charge >= 0.3 is 5.97 Å². The minimum atomic E-state index is -3.78. The molecule has 20 heavy (non-hydrogen) atoms. The Bertz CT molecular complexity index is 599. The van der Waals surface area contributed by atoms with Crippen molar-refractivity contribution in [3.63, 3.8) is 0 Å². The minimum Gasteiger partial charge on any atom is -0.476 e.